The van der Waals surface area contributed by atoms with E-state index < -0.39 is 51.0 Å². The van der Waals surface area contributed by atoms with Crippen LogP contribution >= 0.6 is 0 Å². The highest BCUT2D eigenvalue weighted by molar-refractivity contribution is 7.87. The molecule has 0 radical (unpaired) electrons. The topological polar surface area (TPSA) is 99.2 Å². The van der Waals surface area contributed by atoms with Crippen LogP contribution in [0.4, 0.5) is 18.0 Å². The summed E-state index contributed by atoms with van der Waals surface area (Å²) in [6.45, 7) is 6.51. The molecular weight excluding hydrogens is 395 g/mol. The fourth-order valence-corrected chi connectivity index (χ4v) is 2.74. The summed E-state index contributed by atoms with van der Waals surface area (Å²) in [5.74, 6) is -1.81. The van der Waals surface area contributed by atoms with Crippen molar-refractivity contribution >= 4 is 22.2 Å². The second kappa shape index (κ2) is 7.56. The standard InChI is InChI=1S/C15H22F3NO7S/c1-6-24-11(20)14(5)9-19(12(21)25-13(2,3)4)8-7-10(14)26-27(22,23)15(16,17)18/h7H,6,8-9H2,1-5H3. The molecule has 1 aliphatic heterocycles. The minimum Gasteiger partial charge on any atom is -0.465 e. The number of rotatable bonds is 4. The van der Waals surface area contributed by atoms with Gasteiger partial charge in [-0.1, -0.05) is 0 Å². The van der Waals surface area contributed by atoms with E-state index in [-0.39, 0.29) is 13.2 Å². The van der Waals surface area contributed by atoms with E-state index in [4.69, 9.17) is 9.47 Å². The fraction of sp³-hybridized carbons (Fsp3) is 0.733. The van der Waals surface area contributed by atoms with Crippen LogP contribution in [-0.2, 0) is 28.6 Å². The SMILES string of the molecule is CCOC(=O)C1(C)CN(C(=O)OC(C)(C)C)CC=C1OS(=O)(=O)C(F)(F)F. The number of amides is 1. The first-order chi connectivity index (χ1) is 12.0. The van der Waals surface area contributed by atoms with Crippen LogP contribution in [0.25, 0.3) is 0 Å². The molecule has 1 rings (SSSR count). The van der Waals surface area contributed by atoms with Crippen LogP contribution in [0.5, 0.6) is 0 Å². The molecule has 0 aromatic heterocycles. The molecule has 12 heteroatoms. The lowest BCUT2D eigenvalue weighted by Crippen LogP contribution is -2.51. The number of ether oxygens (including phenoxy) is 2. The molecular formula is C15H22F3NO7S. The van der Waals surface area contributed by atoms with Crippen molar-refractivity contribution in [3.8, 4) is 0 Å². The minimum atomic E-state index is -5.99. The molecule has 1 atom stereocenters. The van der Waals surface area contributed by atoms with Crippen LogP contribution in [0.2, 0.25) is 0 Å². The van der Waals surface area contributed by atoms with Gasteiger partial charge in [-0.25, -0.2) is 4.79 Å². The van der Waals surface area contributed by atoms with Gasteiger partial charge in [0.2, 0.25) is 0 Å². The second-order valence-corrected chi connectivity index (χ2v) is 8.50. The monoisotopic (exact) mass is 417 g/mol. The highest BCUT2D eigenvalue weighted by Gasteiger charge is 2.53. The Morgan fingerprint density at radius 1 is 1.26 bits per heavy atom. The molecule has 1 heterocycles. The van der Waals surface area contributed by atoms with E-state index in [1.54, 1.807) is 20.8 Å². The van der Waals surface area contributed by atoms with Crippen molar-refractivity contribution in [1.82, 2.24) is 4.90 Å². The number of alkyl halides is 3. The Bertz CT molecular complexity index is 725. The molecule has 1 amide bonds. The third-order valence-corrected chi connectivity index (χ3v) is 4.37. The summed E-state index contributed by atoms with van der Waals surface area (Å²) in [4.78, 5) is 25.6. The van der Waals surface area contributed by atoms with E-state index in [1.165, 1.54) is 6.92 Å². The van der Waals surface area contributed by atoms with Gasteiger partial charge in [0.15, 0.2) is 0 Å². The minimum absolute atomic E-state index is 0.111. The van der Waals surface area contributed by atoms with E-state index >= 15 is 0 Å². The molecule has 0 aromatic rings. The maximum Gasteiger partial charge on any atom is 0.534 e. The number of carbonyl (C=O) groups is 2. The zero-order valence-electron chi connectivity index (χ0n) is 15.5. The summed E-state index contributed by atoms with van der Waals surface area (Å²) in [6, 6.07) is 0. The third kappa shape index (κ3) is 5.50. The summed E-state index contributed by atoms with van der Waals surface area (Å²) >= 11 is 0. The molecule has 0 saturated carbocycles. The summed E-state index contributed by atoms with van der Waals surface area (Å²) in [5.41, 5.74) is -8.49. The van der Waals surface area contributed by atoms with Crippen LogP contribution in [0, 0.1) is 5.41 Å². The predicted molar refractivity (Wildman–Crippen MR) is 86.7 cm³/mol. The van der Waals surface area contributed by atoms with E-state index in [1.807, 2.05) is 0 Å². The lowest BCUT2D eigenvalue weighted by Gasteiger charge is -2.38. The molecule has 0 N–H and O–H groups in total. The molecule has 1 unspecified atom stereocenters. The van der Waals surface area contributed by atoms with Gasteiger partial charge in [0.1, 0.15) is 16.8 Å². The zero-order chi connectivity index (χ0) is 21.3. The van der Waals surface area contributed by atoms with Gasteiger partial charge in [0.25, 0.3) is 0 Å². The quantitative estimate of drug-likeness (QED) is 0.394. The van der Waals surface area contributed by atoms with E-state index in [9.17, 15) is 31.2 Å². The molecule has 0 fully saturated rings. The normalized spacial score (nSPS) is 21.3. The van der Waals surface area contributed by atoms with Crippen LogP contribution in [0.3, 0.4) is 0 Å². The second-order valence-electron chi connectivity index (χ2n) is 6.97. The Hall–Kier alpha value is -1.98. The summed E-state index contributed by atoms with van der Waals surface area (Å²) in [6.07, 6.45) is 0.0835. The number of hydrogen-bond acceptors (Lipinski definition) is 7. The van der Waals surface area contributed by atoms with Gasteiger partial charge in [0, 0.05) is 13.1 Å². The summed E-state index contributed by atoms with van der Waals surface area (Å²) < 4.78 is 74.8. The number of hydrogen-bond donors (Lipinski definition) is 0. The van der Waals surface area contributed by atoms with Crippen LogP contribution < -0.4 is 0 Å². The van der Waals surface area contributed by atoms with Crippen LogP contribution in [0.1, 0.15) is 34.6 Å². The first-order valence-corrected chi connectivity index (χ1v) is 9.31. The average molecular weight is 417 g/mol. The Kier molecular flexibility index (Phi) is 6.46. The van der Waals surface area contributed by atoms with Crippen molar-refractivity contribution in [2.24, 2.45) is 5.41 Å². The Labute approximate surface area is 155 Å². The van der Waals surface area contributed by atoms with Gasteiger partial charge in [-0.2, -0.15) is 21.6 Å². The number of esters is 1. The molecule has 1 aliphatic rings. The maximum absolute atomic E-state index is 12.6. The van der Waals surface area contributed by atoms with Crippen molar-refractivity contribution in [3.63, 3.8) is 0 Å². The van der Waals surface area contributed by atoms with Crippen molar-refractivity contribution in [3.05, 3.63) is 11.8 Å². The van der Waals surface area contributed by atoms with Crippen molar-refractivity contribution in [1.29, 1.82) is 0 Å². The highest BCUT2D eigenvalue weighted by Crippen LogP contribution is 2.38. The summed E-state index contributed by atoms with van der Waals surface area (Å²) in [7, 11) is -5.99. The van der Waals surface area contributed by atoms with Gasteiger partial charge in [-0.15, -0.1) is 0 Å². The van der Waals surface area contributed by atoms with Gasteiger partial charge in [-0.05, 0) is 40.7 Å². The van der Waals surface area contributed by atoms with Crippen LogP contribution in [0.15, 0.2) is 11.8 Å². The zero-order valence-corrected chi connectivity index (χ0v) is 16.4. The molecule has 0 aliphatic carbocycles. The molecule has 8 nitrogen and oxygen atoms in total. The lowest BCUT2D eigenvalue weighted by molar-refractivity contribution is -0.155. The molecule has 27 heavy (non-hydrogen) atoms. The number of carbonyl (C=O) groups excluding carboxylic acids is 2. The Morgan fingerprint density at radius 3 is 2.26 bits per heavy atom. The molecule has 156 valence electrons. The van der Waals surface area contributed by atoms with Crippen molar-refractivity contribution in [2.45, 2.75) is 45.7 Å². The van der Waals surface area contributed by atoms with Gasteiger partial charge < -0.3 is 18.6 Å². The average Bonchev–Trinajstić information content (AvgIpc) is 2.46. The fourth-order valence-electron chi connectivity index (χ4n) is 2.16. The lowest BCUT2D eigenvalue weighted by atomic mass is 9.85. The Morgan fingerprint density at radius 2 is 1.81 bits per heavy atom. The number of nitrogens with zero attached hydrogens (tertiary/aromatic N) is 1. The first kappa shape index (κ1) is 23.1. The Balaban J connectivity index is 3.25. The molecule has 0 bridgehead atoms. The van der Waals surface area contributed by atoms with Gasteiger partial charge >= 0.3 is 27.7 Å². The molecule has 0 aromatic carbocycles. The third-order valence-electron chi connectivity index (χ3n) is 3.41. The molecule has 0 spiro atoms. The first-order valence-electron chi connectivity index (χ1n) is 7.90. The van der Waals surface area contributed by atoms with Crippen LogP contribution in [-0.4, -0.2) is 56.2 Å². The highest BCUT2D eigenvalue weighted by atomic mass is 32.2. The van der Waals surface area contributed by atoms with Crippen molar-refractivity contribution in [2.75, 3.05) is 19.7 Å². The van der Waals surface area contributed by atoms with Gasteiger partial charge in [0.05, 0.1) is 6.61 Å². The predicted octanol–water partition coefficient (Wildman–Crippen LogP) is 2.56. The largest absolute Gasteiger partial charge is 0.534 e. The van der Waals surface area contributed by atoms with Crippen molar-refractivity contribution < 1.29 is 44.8 Å². The van der Waals surface area contributed by atoms with E-state index in [2.05, 4.69) is 4.18 Å². The number of halogens is 3. The van der Waals surface area contributed by atoms with E-state index in [0.717, 1.165) is 17.9 Å². The summed E-state index contributed by atoms with van der Waals surface area (Å²) in [5, 5.41) is 0. The van der Waals surface area contributed by atoms with E-state index in [0.29, 0.717) is 0 Å². The smallest absolute Gasteiger partial charge is 0.465 e. The maximum atomic E-state index is 12.6. The molecule has 0 saturated heterocycles. The van der Waals surface area contributed by atoms with Gasteiger partial charge in [-0.3, -0.25) is 4.79 Å².